The highest BCUT2D eigenvalue weighted by atomic mass is 19.3. The summed E-state index contributed by atoms with van der Waals surface area (Å²) in [4.78, 5) is 18.7. The van der Waals surface area contributed by atoms with Crippen LogP contribution < -0.4 is 11.2 Å². The second-order valence-corrected chi connectivity index (χ2v) is 2.06. The van der Waals surface area contributed by atoms with Crippen molar-refractivity contribution in [3.8, 4) is 0 Å². The molecule has 0 radical (unpaired) electrons. The van der Waals surface area contributed by atoms with Crippen molar-refractivity contribution in [3.63, 3.8) is 0 Å². The van der Waals surface area contributed by atoms with E-state index in [4.69, 9.17) is 0 Å². The largest absolute Gasteiger partial charge is 0.388 e. The Morgan fingerprint density at radius 1 is 1.23 bits per heavy atom. The highest BCUT2D eigenvalue weighted by molar-refractivity contribution is 5.05. The summed E-state index contributed by atoms with van der Waals surface area (Å²) < 4.78 is 48.3. The lowest BCUT2D eigenvalue weighted by Gasteiger charge is -1.99. The average molecular weight is 198 g/mol. The number of alkyl halides is 2. The molecule has 0 aromatic carbocycles. The maximum atomic E-state index is 12.3. The van der Waals surface area contributed by atoms with Gasteiger partial charge in [-0.3, -0.25) is 4.79 Å². The Labute approximate surface area is 67.5 Å². The van der Waals surface area contributed by atoms with Crippen molar-refractivity contribution in [3.05, 3.63) is 32.6 Å². The molecule has 72 valence electrons. The molecule has 1 aromatic heterocycles. The second-order valence-electron chi connectivity index (χ2n) is 2.06. The molecule has 0 aliphatic carbocycles. The van der Waals surface area contributed by atoms with Crippen LogP contribution in [0, 0.1) is 0 Å². The molecule has 0 saturated carbocycles. The third-order valence-corrected chi connectivity index (χ3v) is 1.26. The SMILES string of the molecule is O=c1c(C(F)F)cn(F)c(=O)n1F. The van der Waals surface area contributed by atoms with Gasteiger partial charge < -0.3 is 0 Å². The first kappa shape index (κ1) is 9.49. The van der Waals surface area contributed by atoms with E-state index in [2.05, 4.69) is 0 Å². The fourth-order valence-corrected chi connectivity index (χ4v) is 0.666. The average Bonchev–Trinajstić information content (AvgIpc) is 2.07. The maximum Gasteiger partial charge on any atom is 0.388 e. The van der Waals surface area contributed by atoms with E-state index < -0.39 is 32.8 Å². The normalized spacial score (nSPS) is 10.8. The summed E-state index contributed by atoms with van der Waals surface area (Å²) in [6.45, 7) is 0. The molecule has 0 bridgehead atoms. The van der Waals surface area contributed by atoms with Crippen molar-refractivity contribution in [1.82, 2.24) is 9.58 Å². The molecule has 1 aromatic rings. The van der Waals surface area contributed by atoms with Gasteiger partial charge in [0.1, 0.15) is 5.56 Å². The number of aromatic nitrogens is 2. The van der Waals surface area contributed by atoms with Gasteiger partial charge in [-0.15, -0.1) is 4.79 Å². The molecule has 0 spiro atoms. The minimum atomic E-state index is -3.34. The highest BCUT2D eigenvalue weighted by Crippen LogP contribution is 2.12. The van der Waals surface area contributed by atoms with E-state index in [1.165, 1.54) is 0 Å². The Kier molecular flexibility index (Phi) is 2.22. The van der Waals surface area contributed by atoms with E-state index in [9.17, 15) is 27.3 Å². The smallest absolute Gasteiger partial charge is 0.266 e. The Morgan fingerprint density at radius 3 is 2.23 bits per heavy atom. The number of hydrogen-bond acceptors (Lipinski definition) is 2. The van der Waals surface area contributed by atoms with Gasteiger partial charge in [0.05, 0.1) is 6.20 Å². The minimum absolute atomic E-state index is 0.0502. The van der Waals surface area contributed by atoms with Crippen LogP contribution in [-0.4, -0.2) is 9.58 Å². The molecule has 0 aliphatic rings. The molecule has 0 amide bonds. The van der Waals surface area contributed by atoms with Gasteiger partial charge in [0.25, 0.3) is 12.0 Å². The highest BCUT2D eigenvalue weighted by Gasteiger charge is 2.18. The quantitative estimate of drug-likeness (QED) is 0.613. The lowest BCUT2D eigenvalue weighted by atomic mass is 10.3. The molecule has 8 heteroatoms. The monoisotopic (exact) mass is 198 g/mol. The van der Waals surface area contributed by atoms with E-state index in [1.807, 2.05) is 0 Å². The van der Waals surface area contributed by atoms with Crippen LogP contribution >= 0.6 is 0 Å². The Hall–Kier alpha value is -1.60. The van der Waals surface area contributed by atoms with Gasteiger partial charge in [-0.2, -0.15) is 0 Å². The number of halogens is 4. The summed E-state index contributed by atoms with van der Waals surface area (Å²) in [5.41, 5.74) is -5.21. The first-order valence-corrected chi connectivity index (χ1v) is 2.94. The molecule has 1 rings (SSSR count). The fraction of sp³-hybridized carbons (Fsp3) is 0.200. The molecule has 4 nitrogen and oxygen atoms in total. The van der Waals surface area contributed by atoms with Gasteiger partial charge in [-0.25, -0.2) is 13.6 Å². The lowest BCUT2D eigenvalue weighted by Crippen LogP contribution is -2.35. The zero-order chi connectivity index (χ0) is 10.2. The molecule has 0 saturated heterocycles. The van der Waals surface area contributed by atoms with Crippen LogP contribution in [0.2, 0.25) is 0 Å². The van der Waals surface area contributed by atoms with Gasteiger partial charge in [-0.1, -0.05) is 13.8 Å². The van der Waals surface area contributed by atoms with Gasteiger partial charge in [0.15, 0.2) is 0 Å². The number of nitrogens with zero attached hydrogens (tertiary/aromatic N) is 2. The molecule has 0 N–H and O–H groups in total. The van der Waals surface area contributed by atoms with Crippen molar-refractivity contribution in [1.29, 1.82) is 0 Å². The predicted octanol–water partition coefficient (Wildman–Crippen LogP) is 0.413. The van der Waals surface area contributed by atoms with E-state index in [1.54, 1.807) is 0 Å². The van der Waals surface area contributed by atoms with Crippen LogP contribution in [0.5, 0.6) is 0 Å². The van der Waals surface area contributed by atoms with Crippen LogP contribution in [-0.2, 0) is 0 Å². The van der Waals surface area contributed by atoms with Crippen LogP contribution in [0.25, 0.3) is 0 Å². The second kappa shape index (κ2) is 3.04. The van der Waals surface area contributed by atoms with Crippen LogP contribution in [0.4, 0.5) is 17.7 Å². The third-order valence-electron chi connectivity index (χ3n) is 1.26. The summed E-state index contributed by atoms with van der Waals surface area (Å²) >= 11 is 0. The predicted molar refractivity (Wildman–Crippen MR) is 32.9 cm³/mol. The fourth-order valence-electron chi connectivity index (χ4n) is 0.666. The summed E-state index contributed by atoms with van der Waals surface area (Å²) in [6, 6.07) is 0. The van der Waals surface area contributed by atoms with Gasteiger partial charge in [-0.05, 0) is 0 Å². The Bertz CT molecular complexity index is 435. The molecular weight excluding hydrogens is 196 g/mol. The number of rotatable bonds is 1. The van der Waals surface area contributed by atoms with Crippen molar-refractivity contribution in [2.45, 2.75) is 6.43 Å². The first-order chi connectivity index (χ1) is 5.95. The molecule has 0 atom stereocenters. The zero-order valence-corrected chi connectivity index (χ0v) is 5.88. The molecule has 0 unspecified atom stereocenters. The summed E-state index contributed by atoms with van der Waals surface area (Å²) in [7, 11) is 0. The maximum absolute atomic E-state index is 12.3. The van der Waals surface area contributed by atoms with Crippen LogP contribution in [0.3, 0.4) is 0 Å². The third kappa shape index (κ3) is 1.46. The van der Waals surface area contributed by atoms with Crippen LogP contribution in [0.15, 0.2) is 15.8 Å². The Morgan fingerprint density at radius 2 is 1.77 bits per heavy atom. The molecule has 1 heterocycles. The summed E-state index contributed by atoms with van der Waals surface area (Å²) in [5, 5.41) is 0. The van der Waals surface area contributed by atoms with E-state index >= 15 is 0 Å². The van der Waals surface area contributed by atoms with Crippen LogP contribution in [0.1, 0.15) is 12.0 Å². The molecule has 0 aliphatic heterocycles. The van der Waals surface area contributed by atoms with Crippen molar-refractivity contribution in [2.24, 2.45) is 0 Å². The van der Waals surface area contributed by atoms with Gasteiger partial charge in [0.2, 0.25) is 0 Å². The standard InChI is InChI=1S/C5H2F4N2O2/c6-3(7)2-1-10(8)5(13)11(9)4(2)12/h1,3H. The Balaban J connectivity index is 3.60. The minimum Gasteiger partial charge on any atom is -0.266 e. The molecule has 13 heavy (non-hydrogen) atoms. The summed E-state index contributed by atoms with van der Waals surface area (Å²) in [6.07, 6.45) is -3.39. The lowest BCUT2D eigenvalue weighted by molar-refractivity contribution is 0.140. The van der Waals surface area contributed by atoms with Crippen molar-refractivity contribution in [2.75, 3.05) is 0 Å². The van der Waals surface area contributed by atoms with Crippen molar-refractivity contribution < 1.29 is 17.7 Å². The topological polar surface area (TPSA) is 44.0 Å². The summed E-state index contributed by atoms with van der Waals surface area (Å²) in [5.74, 6) is 0. The molecule has 0 fully saturated rings. The van der Waals surface area contributed by atoms with E-state index in [0.29, 0.717) is 0 Å². The van der Waals surface area contributed by atoms with Gasteiger partial charge in [0, 0.05) is 0 Å². The molecular formula is C5H2F4N2O2. The van der Waals surface area contributed by atoms with Gasteiger partial charge >= 0.3 is 5.69 Å². The van der Waals surface area contributed by atoms with E-state index in [0.717, 1.165) is 0 Å². The van der Waals surface area contributed by atoms with E-state index in [-0.39, 0.29) is 6.20 Å². The van der Waals surface area contributed by atoms with Crippen molar-refractivity contribution >= 4 is 0 Å². The first-order valence-electron chi connectivity index (χ1n) is 2.94. The number of hydrogen-bond donors (Lipinski definition) is 0. The zero-order valence-electron chi connectivity index (χ0n) is 5.88.